The van der Waals surface area contributed by atoms with Gasteiger partial charge in [-0.2, -0.15) is 0 Å². The van der Waals surface area contributed by atoms with Crippen LogP contribution in [0.2, 0.25) is 0 Å². The van der Waals surface area contributed by atoms with Crippen molar-refractivity contribution in [2.45, 2.75) is 188 Å². The molecule has 2 nitrogen and oxygen atoms in total. The molecule has 0 aliphatic heterocycles. The van der Waals surface area contributed by atoms with Crippen LogP contribution in [0.1, 0.15) is 169 Å². The van der Waals surface area contributed by atoms with E-state index >= 15 is 0 Å². The largest absolute Gasteiger partial charge is 0.311 e. The molecule has 0 spiro atoms. The van der Waals surface area contributed by atoms with Gasteiger partial charge in [0.1, 0.15) is 0 Å². The molecule has 1 aliphatic rings. The zero-order valence-corrected chi connectivity index (χ0v) is 24.7. The highest BCUT2D eigenvalue weighted by atomic mass is 15.1. The quantitative estimate of drug-likeness (QED) is 0.156. The van der Waals surface area contributed by atoms with Gasteiger partial charge in [0.15, 0.2) is 0 Å². The Morgan fingerprint density at radius 1 is 0.676 bits per heavy atom. The summed E-state index contributed by atoms with van der Waals surface area (Å²) in [7, 11) is 2.44. The van der Waals surface area contributed by atoms with Gasteiger partial charge in [0.2, 0.25) is 0 Å². The van der Waals surface area contributed by atoms with Crippen molar-refractivity contribution in [3.63, 3.8) is 0 Å². The fraction of sp³-hybridized carbons (Fsp3) is 1.00. The molecular weight excluding hydrogens is 412 g/mol. The number of hydrogen-bond acceptors (Lipinski definition) is 2. The summed E-state index contributed by atoms with van der Waals surface area (Å²) in [6.45, 7) is 13.2. The van der Waals surface area contributed by atoms with Crippen molar-refractivity contribution >= 4 is 0 Å². The summed E-state index contributed by atoms with van der Waals surface area (Å²) < 4.78 is 0. The van der Waals surface area contributed by atoms with Gasteiger partial charge in [0.05, 0.1) is 0 Å². The van der Waals surface area contributed by atoms with Gasteiger partial charge in [0.25, 0.3) is 0 Å². The first-order chi connectivity index (χ1) is 16.5. The van der Waals surface area contributed by atoms with E-state index in [-0.39, 0.29) is 0 Å². The SMILES string of the molecule is CCCCCCCC(CCCC)N[C@H]1CC[C@H](N(C)CC(C)(CCCC)CCCCCC)CC1. The molecule has 34 heavy (non-hydrogen) atoms. The number of rotatable bonds is 22. The third kappa shape index (κ3) is 14.5. The average molecular weight is 479 g/mol. The van der Waals surface area contributed by atoms with E-state index in [2.05, 4.69) is 51.9 Å². The summed E-state index contributed by atoms with van der Waals surface area (Å²) in [5, 5.41) is 4.14. The van der Waals surface area contributed by atoms with Crippen molar-refractivity contribution in [1.82, 2.24) is 10.2 Å². The van der Waals surface area contributed by atoms with E-state index in [4.69, 9.17) is 0 Å². The van der Waals surface area contributed by atoms with Crippen molar-refractivity contribution in [3.05, 3.63) is 0 Å². The second-order valence-corrected chi connectivity index (χ2v) is 12.4. The highest BCUT2D eigenvalue weighted by molar-refractivity contribution is 4.87. The van der Waals surface area contributed by atoms with Gasteiger partial charge >= 0.3 is 0 Å². The van der Waals surface area contributed by atoms with Gasteiger partial charge in [-0.05, 0) is 63.8 Å². The molecule has 2 unspecified atom stereocenters. The van der Waals surface area contributed by atoms with Gasteiger partial charge in [-0.25, -0.2) is 0 Å². The van der Waals surface area contributed by atoms with Crippen LogP contribution in [0.5, 0.6) is 0 Å². The normalized spacial score (nSPS) is 21.6. The van der Waals surface area contributed by atoms with E-state index in [1.165, 1.54) is 141 Å². The monoisotopic (exact) mass is 479 g/mol. The fourth-order valence-corrected chi connectivity index (χ4v) is 6.37. The predicted octanol–water partition coefficient (Wildman–Crippen LogP) is 9.91. The number of nitrogens with zero attached hydrogens (tertiary/aromatic N) is 1. The van der Waals surface area contributed by atoms with E-state index in [0.717, 1.165) is 18.1 Å². The Morgan fingerprint density at radius 2 is 1.21 bits per heavy atom. The molecule has 2 heteroatoms. The van der Waals surface area contributed by atoms with Gasteiger partial charge in [-0.3, -0.25) is 0 Å². The molecule has 0 aromatic rings. The minimum absolute atomic E-state index is 0.511. The van der Waals surface area contributed by atoms with Crippen molar-refractivity contribution in [3.8, 4) is 0 Å². The van der Waals surface area contributed by atoms with Crippen LogP contribution in [-0.2, 0) is 0 Å². The van der Waals surface area contributed by atoms with Gasteiger partial charge in [-0.15, -0.1) is 0 Å². The molecule has 2 atom stereocenters. The molecule has 0 bridgehead atoms. The van der Waals surface area contributed by atoms with E-state index in [9.17, 15) is 0 Å². The van der Waals surface area contributed by atoms with Crippen LogP contribution in [0, 0.1) is 5.41 Å². The van der Waals surface area contributed by atoms with Crippen molar-refractivity contribution in [2.75, 3.05) is 13.6 Å². The Kier molecular flexibility index (Phi) is 18.8. The topological polar surface area (TPSA) is 15.3 Å². The lowest BCUT2D eigenvalue weighted by molar-refractivity contribution is 0.0981. The highest BCUT2D eigenvalue weighted by Gasteiger charge is 2.30. The molecular formula is C32H66N2. The molecule has 1 N–H and O–H groups in total. The van der Waals surface area contributed by atoms with Gasteiger partial charge in [-0.1, -0.05) is 118 Å². The van der Waals surface area contributed by atoms with Gasteiger partial charge in [0, 0.05) is 24.7 Å². The first-order valence-corrected chi connectivity index (χ1v) is 15.9. The van der Waals surface area contributed by atoms with E-state index in [1.807, 2.05) is 0 Å². The fourth-order valence-electron chi connectivity index (χ4n) is 6.37. The lowest BCUT2D eigenvalue weighted by Gasteiger charge is -2.41. The smallest absolute Gasteiger partial charge is 0.00936 e. The van der Waals surface area contributed by atoms with Crippen LogP contribution >= 0.6 is 0 Å². The maximum atomic E-state index is 4.14. The molecule has 1 rings (SSSR count). The van der Waals surface area contributed by atoms with Crippen LogP contribution < -0.4 is 5.32 Å². The summed E-state index contributed by atoms with van der Waals surface area (Å²) in [4.78, 5) is 2.77. The molecule has 0 aromatic heterocycles. The van der Waals surface area contributed by atoms with Crippen molar-refractivity contribution < 1.29 is 0 Å². The molecule has 1 fully saturated rings. The predicted molar refractivity (Wildman–Crippen MR) is 155 cm³/mol. The van der Waals surface area contributed by atoms with E-state index < -0.39 is 0 Å². The molecule has 0 heterocycles. The van der Waals surface area contributed by atoms with Crippen LogP contribution in [0.3, 0.4) is 0 Å². The summed E-state index contributed by atoms with van der Waals surface area (Å²) in [6.07, 6.45) is 29.3. The number of unbranched alkanes of at least 4 members (excludes halogenated alkanes) is 9. The maximum Gasteiger partial charge on any atom is 0.00936 e. The molecule has 0 aromatic carbocycles. The maximum absolute atomic E-state index is 4.14. The molecule has 0 saturated heterocycles. The Labute approximate surface area is 216 Å². The van der Waals surface area contributed by atoms with Gasteiger partial charge < -0.3 is 10.2 Å². The Bertz CT molecular complexity index is 442. The first-order valence-electron chi connectivity index (χ1n) is 15.9. The number of hydrogen-bond donors (Lipinski definition) is 1. The lowest BCUT2D eigenvalue weighted by atomic mass is 9.78. The second kappa shape index (κ2) is 20.0. The highest BCUT2D eigenvalue weighted by Crippen LogP contribution is 2.34. The minimum atomic E-state index is 0.511. The third-order valence-electron chi connectivity index (χ3n) is 8.75. The zero-order chi connectivity index (χ0) is 25.1. The first kappa shape index (κ1) is 31.9. The molecule has 0 radical (unpaired) electrons. The third-order valence-corrected chi connectivity index (χ3v) is 8.75. The summed E-state index contributed by atoms with van der Waals surface area (Å²) in [5.74, 6) is 0. The lowest BCUT2D eigenvalue weighted by Crippen LogP contribution is -2.46. The molecule has 0 amide bonds. The summed E-state index contributed by atoms with van der Waals surface area (Å²) in [6, 6.07) is 2.33. The standard InChI is InChI=1S/C32H66N2/c1-7-11-15-17-18-21-29(20-13-9-3)33-30-22-24-31(25-23-30)34(6)28-32(5,26-14-10-4)27-19-16-12-8-2/h29-31,33H,7-28H2,1-6H3/t29?,30-,31-,32?. The zero-order valence-electron chi connectivity index (χ0n) is 24.7. The molecule has 204 valence electrons. The van der Waals surface area contributed by atoms with Crippen molar-refractivity contribution in [2.24, 2.45) is 5.41 Å². The average Bonchev–Trinajstić information content (AvgIpc) is 2.84. The van der Waals surface area contributed by atoms with Crippen LogP contribution in [0.15, 0.2) is 0 Å². The summed E-state index contributed by atoms with van der Waals surface area (Å²) >= 11 is 0. The Balaban J connectivity index is 2.46. The number of nitrogens with one attached hydrogen (secondary N) is 1. The summed E-state index contributed by atoms with van der Waals surface area (Å²) in [5.41, 5.74) is 0.511. The van der Waals surface area contributed by atoms with E-state index in [1.54, 1.807) is 0 Å². The second-order valence-electron chi connectivity index (χ2n) is 12.4. The van der Waals surface area contributed by atoms with Crippen LogP contribution in [-0.4, -0.2) is 36.6 Å². The molecule has 1 aliphatic carbocycles. The molecule has 1 saturated carbocycles. The Hall–Kier alpha value is -0.0800. The minimum Gasteiger partial charge on any atom is -0.311 e. The Morgan fingerprint density at radius 3 is 1.82 bits per heavy atom. The van der Waals surface area contributed by atoms with Crippen LogP contribution in [0.25, 0.3) is 0 Å². The van der Waals surface area contributed by atoms with Crippen LogP contribution in [0.4, 0.5) is 0 Å². The van der Waals surface area contributed by atoms with E-state index in [0.29, 0.717) is 5.41 Å². The van der Waals surface area contributed by atoms with Crippen molar-refractivity contribution in [1.29, 1.82) is 0 Å².